The van der Waals surface area contributed by atoms with E-state index in [9.17, 15) is 0 Å². The maximum atomic E-state index is 6.51. The van der Waals surface area contributed by atoms with Gasteiger partial charge in [-0.05, 0) is 70.6 Å². The highest BCUT2D eigenvalue weighted by molar-refractivity contribution is 5.54. The molecule has 0 saturated heterocycles. The fourth-order valence-electron chi connectivity index (χ4n) is 4.03. The molecular weight excluding hydrogens is 432 g/mol. The Morgan fingerprint density at radius 3 is 2.74 bits per heavy atom. The van der Waals surface area contributed by atoms with Crippen molar-refractivity contribution in [3.8, 4) is 0 Å². The molecule has 0 amide bonds. The Bertz CT molecular complexity index is 976. The molecule has 0 bridgehead atoms. The molecular formula is C32H42O3. The van der Waals surface area contributed by atoms with E-state index >= 15 is 0 Å². The first-order valence-corrected chi connectivity index (χ1v) is 12.6. The Morgan fingerprint density at radius 1 is 1.20 bits per heavy atom. The van der Waals surface area contributed by atoms with E-state index in [0.717, 1.165) is 53.9 Å². The van der Waals surface area contributed by atoms with Crippen LogP contribution < -0.4 is 0 Å². The summed E-state index contributed by atoms with van der Waals surface area (Å²) in [4.78, 5) is 0. The molecule has 0 aromatic heterocycles. The third-order valence-corrected chi connectivity index (χ3v) is 6.10. The number of allylic oxidation sites excluding steroid dienone is 13. The van der Waals surface area contributed by atoms with Gasteiger partial charge in [-0.1, -0.05) is 79.5 Å². The van der Waals surface area contributed by atoms with Crippen molar-refractivity contribution >= 4 is 0 Å². The van der Waals surface area contributed by atoms with Crippen molar-refractivity contribution in [2.45, 2.75) is 53.4 Å². The summed E-state index contributed by atoms with van der Waals surface area (Å²) in [6, 6.07) is 0. The second kappa shape index (κ2) is 15.8. The van der Waals surface area contributed by atoms with Gasteiger partial charge in [-0.2, -0.15) is 0 Å². The van der Waals surface area contributed by atoms with Gasteiger partial charge in [0.05, 0.1) is 0 Å². The molecule has 0 saturated carbocycles. The van der Waals surface area contributed by atoms with Crippen molar-refractivity contribution < 1.29 is 14.2 Å². The van der Waals surface area contributed by atoms with Crippen LogP contribution in [-0.2, 0) is 14.2 Å². The number of hydrogen-bond acceptors (Lipinski definition) is 3. The first kappa shape index (κ1) is 28.2. The lowest BCUT2D eigenvalue weighted by Crippen LogP contribution is -2.07. The first-order chi connectivity index (χ1) is 17.0. The molecule has 3 nitrogen and oxygen atoms in total. The van der Waals surface area contributed by atoms with E-state index in [-0.39, 0.29) is 12.7 Å². The van der Waals surface area contributed by atoms with E-state index < -0.39 is 0 Å². The fourth-order valence-corrected chi connectivity index (χ4v) is 4.03. The third kappa shape index (κ3) is 8.92. The molecule has 0 aliphatic heterocycles. The maximum Gasteiger partial charge on any atom is 0.189 e. The molecule has 188 valence electrons. The summed E-state index contributed by atoms with van der Waals surface area (Å²) < 4.78 is 18.2. The van der Waals surface area contributed by atoms with Crippen LogP contribution in [0.4, 0.5) is 0 Å². The second-order valence-electron chi connectivity index (χ2n) is 8.65. The Labute approximate surface area is 212 Å². The molecule has 1 atom stereocenters. The number of ether oxygens (including phenoxy) is 3. The number of rotatable bonds is 14. The monoisotopic (exact) mass is 474 g/mol. The summed E-state index contributed by atoms with van der Waals surface area (Å²) in [7, 11) is 0. The van der Waals surface area contributed by atoms with Crippen LogP contribution in [0.5, 0.6) is 0 Å². The summed E-state index contributed by atoms with van der Waals surface area (Å²) in [6.45, 7) is 17.4. The van der Waals surface area contributed by atoms with Gasteiger partial charge in [0.25, 0.3) is 0 Å². The van der Waals surface area contributed by atoms with Gasteiger partial charge in [0, 0.05) is 23.7 Å². The topological polar surface area (TPSA) is 27.7 Å². The first-order valence-electron chi connectivity index (χ1n) is 12.6. The molecule has 0 N–H and O–H groups in total. The second-order valence-corrected chi connectivity index (χ2v) is 8.65. The van der Waals surface area contributed by atoms with Crippen LogP contribution in [0.25, 0.3) is 0 Å². The molecule has 2 aliphatic rings. The molecule has 0 fully saturated rings. The van der Waals surface area contributed by atoms with Gasteiger partial charge >= 0.3 is 0 Å². The Morgan fingerprint density at radius 2 is 2.03 bits per heavy atom. The van der Waals surface area contributed by atoms with Gasteiger partial charge in [0.1, 0.15) is 18.1 Å². The normalized spacial score (nSPS) is 18.9. The molecule has 0 spiro atoms. The minimum atomic E-state index is 0.151. The highest BCUT2D eigenvalue weighted by Crippen LogP contribution is 2.38. The molecule has 2 rings (SSSR count). The lowest BCUT2D eigenvalue weighted by atomic mass is 9.93. The summed E-state index contributed by atoms with van der Waals surface area (Å²) in [6.07, 6.45) is 26.6. The lowest BCUT2D eigenvalue weighted by Gasteiger charge is -2.20. The smallest absolute Gasteiger partial charge is 0.189 e. The summed E-state index contributed by atoms with van der Waals surface area (Å²) in [5.41, 5.74) is 5.77. The van der Waals surface area contributed by atoms with E-state index in [1.807, 2.05) is 19.1 Å². The van der Waals surface area contributed by atoms with Gasteiger partial charge in [0.15, 0.2) is 6.79 Å². The van der Waals surface area contributed by atoms with E-state index in [1.54, 1.807) is 6.08 Å². The maximum absolute atomic E-state index is 6.51. The number of hydrogen-bond donors (Lipinski definition) is 0. The summed E-state index contributed by atoms with van der Waals surface area (Å²) in [5, 5.41) is 0. The minimum Gasteiger partial charge on any atom is -0.489 e. The van der Waals surface area contributed by atoms with Crippen molar-refractivity contribution in [3.63, 3.8) is 0 Å². The zero-order valence-corrected chi connectivity index (χ0v) is 22.0. The highest BCUT2D eigenvalue weighted by atomic mass is 16.7. The Balaban J connectivity index is 2.48. The van der Waals surface area contributed by atoms with Crippen LogP contribution in [0.1, 0.15) is 53.4 Å². The predicted molar refractivity (Wildman–Crippen MR) is 149 cm³/mol. The van der Waals surface area contributed by atoms with Crippen LogP contribution >= 0.6 is 0 Å². The van der Waals surface area contributed by atoms with E-state index in [0.29, 0.717) is 13.2 Å². The molecule has 0 radical (unpaired) electrons. The van der Waals surface area contributed by atoms with Gasteiger partial charge in [-0.25, -0.2) is 0 Å². The van der Waals surface area contributed by atoms with E-state index in [1.165, 1.54) is 11.1 Å². The average molecular weight is 475 g/mol. The standard InChI is InChI=1S/C32H42O3/c1-7-11-13-17-25(5)20-21-28-22-31(35-24-33-10-4)29-18-14-12-15-19-30(29)32(26(28)6)34-23-27(9-3)16-8-2/h7-9,11-12,14-16,18,20,22,28H,2-3,10,13,17,19,21,23-24H2,1,4-6H3/b11-7-,25-20+,27-16+. The third-order valence-electron chi connectivity index (χ3n) is 6.10. The fraction of sp³-hybridized carbons (Fsp3) is 0.375. The average Bonchev–Trinajstić information content (AvgIpc) is 3.15. The molecule has 2 aliphatic carbocycles. The van der Waals surface area contributed by atoms with Gasteiger partial charge in [-0.15, -0.1) is 0 Å². The Kier molecular flexibility index (Phi) is 12.7. The van der Waals surface area contributed by atoms with Gasteiger partial charge in [0.2, 0.25) is 0 Å². The van der Waals surface area contributed by atoms with Gasteiger partial charge in [-0.3, -0.25) is 0 Å². The van der Waals surface area contributed by atoms with Gasteiger partial charge < -0.3 is 14.2 Å². The molecule has 1 unspecified atom stereocenters. The molecule has 35 heavy (non-hydrogen) atoms. The molecule has 0 heterocycles. The quantitative estimate of drug-likeness (QED) is 0.109. The predicted octanol–water partition coefficient (Wildman–Crippen LogP) is 8.61. The molecule has 0 aromatic rings. The SMILES string of the molecule is C=C/C=C(\C=C)COC1=C(C)C(C/C=C(\C)CC/C=C\C)C=C(OCOCC)C2=C1CC=CC=C2. The van der Waals surface area contributed by atoms with Crippen molar-refractivity contribution in [2.75, 3.05) is 20.0 Å². The van der Waals surface area contributed by atoms with Crippen molar-refractivity contribution in [2.24, 2.45) is 5.92 Å². The van der Waals surface area contributed by atoms with Crippen molar-refractivity contribution in [3.05, 3.63) is 119 Å². The summed E-state index contributed by atoms with van der Waals surface area (Å²) >= 11 is 0. The van der Waals surface area contributed by atoms with E-state index in [2.05, 4.69) is 82.5 Å². The molecule has 3 heteroatoms. The lowest BCUT2D eigenvalue weighted by molar-refractivity contribution is -0.0151. The zero-order valence-electron chi connectivity index (χ0n) is 22.0. The van der Waals surface area contributed by atoms with Crippen LogP contribution in [0.3, 0.4) is 0 Å². The summed E-state index contributed by atoms with van der Waals surface area (Å²) in [5.74, 6) is 1.93. The molecule has 0 aromatic carbocycles. The zero-order chi connectivity index (χ0) is 25.5. The highest BCUT2D eigenvalue weighted by Gasteiger charge is 2.26. The van der Waals surface area contributed by atoms with Crippen LogP contribution in [-0.4, -0.2) is 20.0 Å². The van der Waals surface area contributed by atoms with E-state index in [4.69, 9.17) is 14.2 Å². The van der Waals surface area contributed by atoms with Crippen LogP contribution in [0.2, 0.25) is 0 Å². The minimum absolute atomic E-state index is 0.151. The van der Waals surface area contributed by atoms with Crippen LogP contribution in [0, 0.1) is 5.92 Å². The van der Waals surface area contributed by atoms with Crippen molar-refractivity contribution in [1.82, 2.24) is 0 Å². The Hall–Kier alpha value is -3.04. The van der Waals surface area contributed by atoms with Crippen molar-refractivity contribution in [1.29, 1.82) is 0 Å². The largest absolute Gasteiger partial charge is 0.489 e. The van der Waals surface area contributed by atoms with Crippen LogP contribution in [0.15, 0.2) is 119 Å².